The van der Waals surface area contributed by atoms with Crippen molar-refractivity contribution in [2.45, 2.75) is 20.4 Å². The third-order valence-corrected chi connectivity index (χ3v) is 4.34. The molecule has 1 fully saturated rings. The van der Waals surface area contributed by atoms with Crippen molar-refractivity contribution in [1.82, 2.24) is 14.7 Å². The number of likely N-dealkylation sites (N-methyl/N-ethyl adjacent to an activating group) is 1. The molecule has 1 aromatic carbocycles. The van der Waals surface area contributed by atoms with E-state index in [0.29, 0.717) is 6.54 Å². The van der Waals surface area contributed by atoms with Gasteiger partial charge in [-0.3, -0.25) is 14.6 Å². The van der Waals surface area contributed by atoms with E-state index in [2.05, 4.69) is 29.7 Å². The van der Waals surface area contributed by atoms with Gasteiger partial charge in [0, 0.05) is 38.4 Å². The molecule has 5 nitrogen and oxygen atoms in total. The Morgan fingerprint density at radius 1 is 1.18 bits per heavy atom. The van der Waals surface area contributed by atoms with Crippen molar-refractivity contribution in [3.8, 4) is 0 Å². The van der Waals surface area contributed by atoms with Crippen LogP contribution in [0.2, 0.25) is 0 Å². The van der Waals surface area contributed by atoms with Crippen LogP contribution >= 0.6 is 0 Å². The molecule has 2 N–H and O–H groups in total. The first-order valence-electron chi connectivity index (χ1n) is 8.19. The molecule has 5 heteroatoms. The van der Waals surface area contributed by atoms with Gasteiger partial charge >= 0.3 is 0 Å². The van der Waals surface area contributed by atoms with Crippen LogP contribution in [0.1, 0.15) is 19.4 Å². The van der Waals surface area contributed by atoms with Crippen molar-refractivity contribution in [2.24, 2.45) is 0 Å². The molecule has 0 spiro atoms. The maximum Gasteiger partial charge on any atom is 0.236 e. The summed E-state index contributed by atoms with van der Waals surface area (Å²) in [5.74, 6) is 0.257. The number of nitrogens with two attached hydrogens (primary N) is 1. The van der Waals surface area contributed by atoms with Crippen molar-refractivity contribution in [3.63, 3.8) is 0 Å². The first-order chi connectivity index (χ1) is 10.6. The summed E-state index contributed by atoms with van der Waals surface area (Å²) in [7, 11) is 0. The maximum absolute atomic E-state index is 12.3. The smallest absolute Gasteiger partial charge is 0.236 e. The van der Waals surface area contributed by atoms with Crippen molar-refractivity contribution in [3.05, 3.63) is 29.8 Å². The SMILES string of the molecule is CCN(CC)CC(=O)N1CCN(Cc2cccc(N)c2)CC1. The van der Waals surface area contributed by atoms with Crippen LogP contribution in [0.3, 0.4) is 0 Å². The Bertz CT molecular complexity index is 479. The van der Waals surface area contributed by atoms with E-state index in [1.165, 1.54) is 5.56 Å². The molecule has 0 radical (unpaired) electrons. The minimum Gasteiger partial charge on any atom is -0.399 e. The summed E-state index contributed by atoms with van der Waals surface area (Å²) in [4.78, 5) is 18.8. The van der Waals surface area contributed by atoms with Gasteiger partial charge in [0.15, 0.2) is 0 Å². The molecule has 0 atom stereocenters. The molecular weight excluding hydrogens is 276 g/mol. The summed E-state index contributed by atoms with van der Waals surface area (Å²) in [5, 5.41) is 0. The first kappa shape index (κ1) is 16.8. The highest BCUT2D eigenvalue weighted by Gasteiger charge is 2.22. The fourth-order valence-corrected chi connectivity index (χ4v) is 2.84. The van der Waals surface area contributed by atoms with E-state index in [0.717, 1.165) is 51.5 Å². The van der Waals surface area contributed by atoms with Crippen LogP contribution in [0.25, 0.3) is 0 Å². The van der Waals surface area contributed by atoms with E-state index >= 15 is 0 Å². The van der Waals surface area contributed by atoms with Gasteiger partial charge in [0.2, 0.25) is 5.91 Å². The zero-order valence-corrected chi connectivity index (χ0v) is 13.8. The third kappa shape index (κ3) is 4.71. The lowest BCUT2D eigenvalue weighted by Crippen LogP contribution is -2.50. The molecule has 1 aromatic rings. The number of carbonyl (C=O) groups is 1. The molecule has 0 aromatic heterocycles. The van der Waals surface area contributed by atoms with Crippen LogP contribution < -0.4 is 5.73 Å². The molecule has 1 amide bonds. The van der Waals surface area contributed by atoms with Gasteiger partial charge in [0.05, 0.1) is 6.54 Å². The van der Waals surface area contributed by atoms with Gasteiger partial charge in [0.25, 0.3) is 0 Å². The molecule has 0 saturated carbocycles. The molecule has 0 unspecified atom stereocenters. The second-order valence-corrected chi connectivity index (χ2v) is 5.86. The van der Waals surface area contributed by atoms with Crippen LogP contribution in [0.4, 0.5) is 5.69 Å². The number of nitrogens with zero attached hydrogens (tertiary/aromatic N) is 3. The normalized spacial score (nSPS) is 16.2. The number of piperazine rings is 1. The first-order valence-corrected chi connectivity index (χ1v) is 8.19. The molecular formula is C17H28N4O. The Hall–Kier alpha value is -1.59. The van der Waals surface area contributed by atoms with Crippen molar-refractivity contribution >= 4 is 11.6 Å². The lowest BCUT2D eigenvalue weighted by molar-refractivity contribution is -0.134. The van der Waals surface area contributed by atoms with Gasteiger partial charge in [-0.1, -0.05) is 26.0 Å². The van der Waals surface area contributed by atoms with Gasteiger partial charge in [-0.05, 0) is 30.8 Å². The molecule has 1 aliphatic rings. The number of hydrogen-bond donors (Lipinski definition) is 1. The van der Waals surface area contributed by atoms with Gasteiger partial charge in [-0.25, -0.2) is 0 Å². The standard InChI is InChI=1S/C17H28N4O/c1-3-19(4-2)14-17(22)21-10-8-20(9-11-21)13-15-6-5-7-16(18)12-15/h5-7,12H,3-4,8-11,13-14,18H2,1-2H3. The largest absolute Gasteiger partial charge is 0.399 e. The zero-order valence-electron chi connectivity index (χ0n) is 13.8. The van der Waals surface area contributed by atoms with Crippen molar-refractivity contribution in [2.75, 3.05) is 51.5 Å². The Kier molecular flexibility index (Phi) is 6.21. The predicted octanol–water partition coefficient (Wildman–Crippen LogP) is 1.25. The summed E-state index contributed by atoms with van der Waals surface area (Å²) in [5.41, 5.74) is 7.87. The summed E-state index contributed by atoms with van der Waals surface area (Å²) in [6.07, 6.45) is 0. The lowest BCUT2D eigenvalue weighted by atomic mass is 10.1. The molecule has 0 aliphatic carbocycles. The van der Waals surface area contributed by atoms with E-state index in [9.17, 15) is 4.79 Å². The molecule has 1 heterocycles. The molecule has 1 aliphatic heterocycles. The highest BCUT2D eigenvalue weighted by atomic mass is 16.2. The topological polar surface area (TPSA) is 52.8 Å². The summed E-state index contributed by atoms with van der Waals surface area (Å²) in [6, 6.07) is 8.04. The number of hydrogen-bond acceptors (Lipinski definition) is 4. The number of carbonyl (C=O) groups excluding carboxylic acids is 1. The van der Waals surface area contributed by atoms with Crippen LogP contribution in [-0.4, -0.2) is 66.4 Å². The van der Waals surface area contributed by atoms with E-state index in [-0.39, 0.29) is 5.91 Å². The minimum atomic E-state index is 0.257. The van der Waals surface area contributed by atoms with Crippen molar-refractivity contribution < 1.29 is 4.79 Å². The molecule has 1 saturated heterocycles. The number of rotatable bonds is 6. The van der Waals surface area contributed by atoms with E-state index < -0.39 is 0 Å². The third-order valence-electron chi connectivity index (χ3n) is 4.34. The quantitative estimate of drug-likeness (QED) is 0.804. The van der Waals surface area contributed by atoms with Gasteiger partial charge in [-0.2, -0.15) is 0 Å². The van der Waals surface area contributed by atoms with Crippen molar-refractivity contribution in [1.29, 1.82) is 0 Å². The van der Waals surface area contributed by atoms with E-state index in [1.54, 1.807) is 0 Å². The maximum atomic E-state index is 12.3. The van der Waals surface area contributed by atoms with E-state index in [4.69, 9.17) is 5.73 Å². The number of amides is 1. The average molecular weight is 304 g/mol. The monoisotopic (exact) mass is 304 g/mol. The summed E-state index contributed by atoms with van der Waals surface area (Å²) < 4.78 is 0. The van der Waals surface area contributed by atoms with Gasteiger partial charge < -0.3 is 10.6 Å². The van der Waals surface area contributed by atoms with Gasteiger partial charge in [0.1, 0.15) is 0 Å². The Labute approximate surface area is 133 Å². The second kappa shape index (κ2) is 8.15. The Morgan fingerprint density at radius 3 is 2.45 bits per heavy atom. The molecule has 2 rings (SSSR count). The zero-order chi connectivity index (χ0) is 15.9. The summed E-state index contributed by atoms with van der Waals surface area (Å²) in [6.45, 7) is 11.0. The Morgan fingerprint density at radius 2 is 1.86 bits per heavy atom. The second-order valence-electron chi connectivity index (χ2n) is 5.86. The van der Waals surface area contributed by atoms with Crippen LogP contribution in [0.5, 0.6) is 0 Å². The van der Waals surface area contributed by atoms with E-state index in [1.807, 2.05) is 23.1 Å². The fraction of sp³-hybridized carbons (Fsp3) is 0.588. The highest BCUT2D eigenvalue weighted by Crippen LogP contribution is 2.12. The summed E-state index contributed by atoms with van der Waals surface area (Å²) >= 11 is 0. The molecule has 122 valence electrons. The van der Waals surface area contributed by atoms with Crippen LogP contribution in [0.15, 0.2) is 24.3 Å². The van der Waals surface area contributed by atoms with Gasteiger partial charge in [-0.15, -0.1) is 0 Å². The Balaban J connectivity index is 1.79. The number of benzene rings is 1. The number of anilines is 1. The molecule has 22 heavy (non-hydrogen) atoms. The number of nitrogen functional groups attached to an aromatic ring is 1. The highest BCUT2D eigenvalue weighted by molar-refractivity contribution is 5.78. The minimum absolute atomic E-state index is 0.257. The van der Waals surface area contributed by atoms with Crippen LogP contribution in [0, 0.1) is 0 Å². The lowest BCUT2D eigenvalue weighted by Gasteiger charge is -2.35. The average Bonchev–Trinajstić information content (AvgIpc) is 2.53. The fourth-order valence-electron chi connectivity index (χ4n) is 2.84. The molecule has 0 bridgehead atoms. The predicted molar refractivity (Wildman–Crippen MR) is 90.5 cm³/mol. The van der Waals surface area contributed by atoms with Crippen LogP contribution in [-0.2, 0) is 11.3 Å².